The van der Waals surface area contributed by atoms with Gasteiger partial charge in [0, 0.05) is 170 Å². The molecule has 20 rings (SSSR count). The number of anilines is 3. The molecule has 0 unspecified atom stereocenters. The predicted molar refractivity (Wildman–Crippen MR) is 557 cm³/mol. The second kappa shape index (κ2) is 49.1. The number of carbonyl (C=O) groups excluding carboxylic acids is 3. The molecule has 12 aromatic carbocycles. The van der Waals surface area contributed by atoms with Crippen molar-refractivity contribution in [2.24, 2.45) is 48.0 Å². The standard InChI is InChI=1S/C22H21N5O.C22H19N3O2.C15H15N3.C9H9BrN2.2C9H10N2.C7H5ClO2.C6H6BNO4.C6H8N2.CH4/c1-15-3-8-20-19(13-15)21(26-27(20)2)17-4-6-18(7-5-17)25-22(28)24-14-16-9-11-23-12-10-16;1-15-8-13-20-19(14-15)21(24-25(20)2)16-9-11-17(12-10-16)23-22(26)27-18-6-4-3-5-7-18;1-10-3-8-14-13(9-10)15(17-18(14)2)11-4-6-12(16)7-5-11;1-6-3-4-8-7(5-6)9(10)11-12(8)2;2*1-7-3-4-9-8(5-7)6-10-11(9)2;8-7(9)10-6-4-2-1-3-5-6;9-7(10)5-1-3-6(4-2-5)8(11)12;7-5-6-1-3-8-4-2-6;/h3-13H,14H2,1-2H3,(H2,24,25,28);3-14H,1-2H3,(H,23,26);3-9H,16H2,1-2H3;3-5H,1-2H3;2*3-6H,1-2H3;1-5H;1-4,9-10H;1-4H,5,7H2;1H4. The van der Waals surface area contributed by atoms with E-state index >= 15 is 0 Å². The number of fused-ring (bicyclic) bond motifs is 6. The van der Waals surface area contributed by atoms with Crippen molar-refractivity contribution in [1.29, 1.82) is 0 Å². The number of urea groups is 1. The zero-order valence-corrected chi connectivity index (χ0v) is 79.9. The smallest absolute Gasteiger partial charge is 0.423 e. The van der Waals surface area contributed by atoms with E-state index in [0.717, 1.165) is 93.7 Å². The molecule has 0 fully saturated rings. The number of hydrogen-bond acceptors (Lipinski definition) is 19. The first-order valence-electron chi connectivity index (χ1n) is 43.2. The van der Waals surface area contributed by atoms with Crippen LogP contribution in [0.5, 0.6) is 11.5 Å². The van der Waals surface area contributed by atoms with Crippen molar-refractivity contribution < 1.29 is 38.8 Å². The number of hydrogen-bond donors (Lipinski definition) is 7. The van der Waals surface area contributed by atoms with Crippen LogP contribution in [-0.4, -0.2) is 108 Å². The highest BCUT2D eigenvalue weighted by molar-refractivity contribution is 9.10. The van der Waals surface area contributed by atoms with Crippen LogP contribution in [0, 0.1) is 51.7 Å². The second-order valence-corrected chi connectivity index (χ2v) is 32.8. The third-order valence-electron chi connectivity index (χ3n) is 21.3. The topological polar surface area (TPSA) is 374 Å². The summed E-state index contributed by atoms with van der Waals surface area (Å²) in [4.78, 5) is 51.7. The number of aromatic nitrogens is 14. The fourth-order valence-corrected chi connectivity index (χ4v) is 14.9. The molecule has 20 aromatic rings. The molecule has 0 spiro atoms. The Kier molecular flexibility index (Phi) is 36.3. The summed E-state index contributed by atoms with van der Waals surface area (Å²) in [7, 11) is 10.1. The maximum Gasteiger partial charge on any atom is 0.488 e. The van der Waals surface area contributed by atoms with E-state index in [0.29, 0.717) is 30.3 Å². The lowest BCUT2D eigenvalue weighted by molar-refractivity contribution is -0.384. The summed E-state index contributed by atoms with van der Waals surface area (Å²) in [5.41, 5.74) is 35.0. The SMILES string of the molecule is C.Cc1ccc2c(c1)c(-c1ccc(N)cc1)nn2C.Cc1ccc2c(c1)c(-c1ccc(NC(=O)NCc3ccncc3)cc1)nn2C.Cc1ccc2c(c1)c(-c1ccc(NC(=O)Oc3ccccc3)cc1)nn2C.Cc1ccc2c(c1)c(Br)nn2C.Cc1ccc2c(cnn2C)c1.Cc1ccc2c(cnn2C)c1.NCc1ccncc1.O=C(Cl)Oc1ccccc1.O=[N+]([O-])c1ccc(B(O)O)cc1. The third kappa shape index (κ3) is 28.6. The van der Waals surface area contributed by atoms with Gasteiger partial charge in [-0.1, -0.05) is 162 Å². The van der Waals surface area contributed by atoms with E-state index in [2.05, 4.69) is 228 Å². The molecule has 0 bridgehead atoms. The van der Waals surface area contributed by atoms with Gasteiger partial charge in [-0.25, -0.2) is 14.4 Å². The highest BCUT2D eigenvalue weighted by Gasteiger charge is 2.18. The van der Waals surface area contributed by atoms with Gasteiger partial charge in [0.2, 0.25) is 0 Å². The van der Waals surface area contributed by atoms with Gasteiger partial charge in [0.15, 0.2) is 0 Å². The van der Waals surface area contributed by atoms with Crippen molar-refractivity contribution in [2.45, 2.75) is 62.1 Å². The molecule has 29 nitrogen and oxygen atoms in total. The Morgan fingerprint density at radius 2 is 0.790 bits per heavy atom. The molecule has 702 valence electrons. The van der Waals surface area contributed by atoms with Gasteiger partial charge in [0.25, 0.3) is 5.69 Å². The summed E-state index contributed by atoms with van der Waals surface area (Å²) in [5.74, 6) is 0.962. The molecule has 8 heterocycles. The molecule has 0 aliphatic carbocycles. The lowest BCUT2D eigenvalue weighted by Gasteiger charge is -2.08. The Morgan fingerprint density at radius 1 is 0.435 bits per heavy atom. The lowest BCUT2D eigenvalue weighted by atomic mass is 9.80. The van der Waals surface area contributed by atoms with E-state index < -0.39 is 23.6 Å². The van der Waals surface area contributed by atoms with E-state index in [1.807, 2.05) is 204 Å². The minimum Gasteiger partial charge on any atom is -0.423 e. The van der Waals surface area contributed by atoms with E-state index in [4.69, 9.17) is 37.9 Å². The summed E-state index contributed by atoms with van der Waals surface area (Å²) in [6.45, 7) is 13.6. The average molecular weight is 1930 g/mol. The molecule has 32 heteroatoms. The van der Waals surface area contributed by atoms with Gasteiger partial charge in [0.1, 0.15) is 33.2 Å². The first-order valence-corrected chi connectivity index (χ1v) is 44.4. The largest absolute Gasteiger partial charge is 0.488 e. The highest BCUT2D eigenvalue weighted by atomic mass is 79.9. The van der Waals surface area contributed by atoms with Crippen LogP contribution >= 0.6 is 27.5 Å². The van der Waals surface area contributed by atoms with Crippen LogP contribution in [0.3, 0.4) is 0 Å². The molecular weight excluding hydrogens is 1820 g/mol. The molecule has 0 radical (unpaired) electrons. The molecule has 0 saturated heterocycles. The molecule has 8 aromatic heterocycles. The van der Waals surface area contributed by atoms with Crippen LogP contribution in [-0.2, 0) is 55.4 Å². The number of benzene rings is 12. The van der Waals surface area contributed by atoms with Crippen molar-refractivity contribution in [3.05, 3.63) is 388 Å². The fraction of sp³-hybridized carbons (Fsp3) is 0.142. The molecule has 3 amide bonds. The Balaban J connectivity index is 0.000000154. The number of halogens is 2. The van der Waals surface area contributed by atoms with E-state index in [9.17, 15) is 24.5 Å². The van der Waals surface area contributed by atoms with Crippen LogP contribution in [0.2, 0.25) is 0 Å². The first kappa shape index (κ1) is 102. The number of non-ortho nitro benzene ring substituents is 1. The van der Waals surface area contributed by atoms with Gasteiger partial charge in [-0.3, -0.25) is 53.5 Å². The van der Waals surface area contributed by atoms with Crippen molar-refractivity contribution in [1.82, 2.24) is 74.0 Å². The number of nitro benzene ring substituents is 1. The number of aryl methyl sites for hydroxylation is 12. The normalized spacial score (nSPS) is 10.4. The van der Waals surface area contributed by atoms with Crippen molar-refractivity contribution in [2.75, 3.05) is 16.4 Å². The summed E-state index contributed by atoms with van der Waals surface area (Å²) in [5, 5.41) is 69.4. The Labute approximate surface area is 812 Å². The Morgan fingerprint density at radius 3 is 1.17 bits per heavy atom. The monoisotopic (exact) mass is 1930 g/mol. The van der Waals surface area contributed by atoms with Crippen molar-refractivity contribution in [3.63, 3.8) is 0 Å². The number of nitrogens with two attached hydrogens (primary N) is 2. The minimum atomic E-state index is -1.58. The van der Waals surface area contributed by atoms with Gasteiger partial charge < -0.3 is 41.6 Å². The van der Waals surface area contributed by atoms with Gasteiger partial charge in [-0.15, -0.1) is 0 Å². The number of nitro groups is 1. The number of pyridine rings is 2. The lowest BCUT2D eigenvalue weighted by Crippen LogP contribution is -2.29. The molecule has 0 saturated carbocycles. The summed E-state index contributed by atoms with van der Waals surface area (Å²) in [6.07, 6.45) is 10.1. The highest BCUT2D eigenvalue weighted by Crippen LogP contribution is 2.34. The van der Waals surface area contributed by atoms with Crippen LogP contribution in [0.1, 0.15) is 51.9 Å². The number of para-hydroxylation sites is 2. The number of nitrogens with zero attached hydrogens (tertiary/aromatic N) is 15. The summed E-state index contributed by atoms with van der Waals surface area (Å²) >= 11 is 8.37. The van der Waals surface area contributed by atoms with Gasteiger partial charge in [0.05, 0.1) is 50.4 Å². The summed E-state index contributed by atoms with van der Waals surface area (Å²) < 4.78 is 22.0. The number of rotatable bonds is 12. The Bertz CT molecular complexity index is 7380. The van der Waals surface area contributed by atoms with Gasteiger partial charge >= 0.3 is 24.7 Å². The van der Waals surface area contributed by atoms with E-state index in [1.54, 1.807) is 61.2 Å². The number of carbonyl (C=O) groups is 3. The maximum atomic E-state index is 12.1. The molecular formula is C106H107BBrClN20O9. The van der Waals surface area contributed by atoms with Crippen LogP contribution in [0.4, 0.5) is 37.1 Å². The van der Waals surface area contributed by atoms with Gasteiger partial charge in [-0.05, 0) is 232 Å². The molecule has 0 aliphatic heterocycles. The minimum absolute atomic E-state index is 0. The molecule has 138 heavy (non-hydrogen) atoms. The maximum absolute atomic E-state index is 12.1. The third-order valence-corrected chi connectivity index (χ3v) is 21.9. The number of nitrogen functional groups attached to an aromatic ring is 1. The second-order valence-electron chi connectivity index (χ2n) is 31.8. The Hall–Kier alpha value is -16.3. The molecule has 0 aliphatic rings. The first-order chi connectivity index (χ1) is 65.9. The predicted octanol–water partition coefficient (Wildman–Crippen LogP) is 21.8. The van der Waals surface area contributed by atoms with Crippen LogP contribution in [0.15, 0.2) is 333 Å². The quantitative estimate of drug-likeness (QED) is 0.0196. The number of nitrogens with one attached hydrogen (secondary N) is 3. The zero-order chi connectivity index (χ0) is 97.8. The van der Waals surface area contributed by atoms with Crippen molar-refractivity contribution in [3.8, 4) is 45.3 Å². The fourth-order valence-electron chi connectivity index (χ4n) is 14.2. The van der Waals surface area contributed by atoms with Crippen molar-refractivity contribution >= 4 is 146 Å². The number of amides is 3. The van der Waals surface area contributed by atoms with Crippen LogP contribution < -0.4 is 42.4 Å². The number of ether oxygens (including phenoxy) is 2. The van der Waals surface area contributed by atoms with Gasteiger partial charge in [-0.2, -0.15) is 30.6 Å². The van der Waals surface area contributed by atoms with Crippen LogP contribution in [0.25, 0.3) is 99.2 Å². The molecule has 9 N–H and O–H groups in total. The average Bonchev–Trinajstić information content (AvgIpc) is 1.64. The van der Waals surface area contributed by atoms with E-state index in [1.165, 1.54) is 90.2 Å². The summed E-state index contributed by atoms with van der Waals surface area (Å²) in [6, 6.07) is 91.1. The molecule has 0 atom stereocenters. The van der Waals surface area contributed by atoms with E-state index in [-0.39, 0.29) is 24.6 Å². The zero-order valence-electron chi connectivity index (χ0n) is 77.5.